The number of para-hydroxylation sites is 7. The number of rotatable bonds is 6. The van der Waals surface area contributed by atoms with E-state index in [1.165, 1.54) is 0 Å². The minimum Gasteiger partial charge on any atom is -0.298 e. The molecule has 0 atom stereocenters. The third-order valence-corrected chi connectivity index (χ3v) is 9.20. The summed E-state index contributed by atoms with van der Waals surface area (Å²) in [6.07, 6.45) is 1.86. The van der Waals surface area contributed by atoms with Gasteiger partial charge in [0.15, 0.2) is 5.82 Å². The molecule has 51 heavy (non-hydrogen) atoms. The van der Waals surface area contributed by atoms with Gasteiger partial charge in [0.25, 0.3) is 0 Å². The van der Waals surface area contributed by atoms with E-state index in [-0.39, 0.29) is 0 Å². The molecule has 8 nitrogen and oxygen atoms in total. The predicted molar refractivity (Wildman–Crippen MR) is 202 cm³/mol. The van der Waals surface area contributed by atoms with Crippen molar-refractivity contribution >= 4 is 33.1 Å². The maximum Gasteiger partial charge on any atom is 0.166 e. The molecule has 10 aromatic rings. The molecule has 0 amide bonds. The second-order valence-corrected chi connectivity index (χ2v) is 12.3. The minimum atomic E-state index is 0.560. The Bertz CT molecular complexity index is 2730. The quantitative estimate of drug-likeness (QED) is 0.178. The molecule has 0 spiro atoms. The van der Waals surface area contributed by atoms with Crippen LogP contribution in [0, 0.1) is 0 Å². The van der Waals surface area contributed by atoms with Crippen molar-refractivity contribution in [1.29, 1.82) is 0 Å². The zero-order valence-electron chi connectivity index (χ0n) is 27.2. The van der Waals surface area contributed by atoms with E-state index in [1.807, 2.05) is 116 Å². The van der Waals surface area contributed by atoms with Gasteiger partial charge in [-0.15, -0.1) is 0 Å². The SMILES string of the molecule is c1ccc(-c2nc3ccccc3n2-c2cc(-n3c(-c4ccccc4)nc4ccccc43)nc(-c3ccccc3-n3cnc4ccccc43)n2)cc1. The average Bonchev–Trinajstić information content (AvgIpc) is 3.92. The summed E-state index contributed by atoms with van der Waals surface area (Å²) in [6.45, 7) is 0. The van der Waals surface area contributed by atoms with E-state index < -0.39 is 0 Å². The Morgan fingerprint density at radius 1 is 0.392 bits per heavy atom. The molecule has 8 heteroatoms. The van der Waals surface area contributed by atoms with Crippen molar-refractivity contribution in [2.24, 2.45) is 0 Å². The van der Waals surface area contributed by atoms with E-state index in [4.69, 9.17) is 24.9 Å². The van der Waals surface area contributed by atoms with Crippen LogP contribution in [0.5, 0.6) is 0 Å². The molecular weight excluding hydrogens is 629 g/mol. The first-order valence-electron chi connectivity index (χ1n) is 16.8. The summed E-state index contributed by atoms with van der Waals surface area (Å²) >= 11 is 0. The van der Waals surface area contributed by atoms with Crippen LogP contribution in [0.2, 0.25) is 0 Å². The molecule has 0 aliphatic carbocycles. The summed E-state index contributed by atoms with van der Waals surface area (Å²) < 4.78 is 6.37. The van der Waals surface area contributed by atoms with Gasteiger partial charge in [-0.05, 0) is 48.5 Å². The molecule has 6 aromatic carbocycles. The Morgan fingerprint density at radius 2 is 0.863 bits per heavy atom. The summed E-state index contributed by atoms with van der Waals surface area (Å²) in [6, 6.07) is 55.2. The molecule has 0 unspecified atom stereocenters. The smallest absolute Gasteiger partial charge is 0.166 e. The molecule has 0 bridgehead atoms. The molecule has 4 aromatic heterocycles. The lowest BCUT2D eigenvalue weighted by atomic mass is 10.1. The number of nitrogens with zero attached hydrogens (tertiary/aromatic N) is 8. The first kappa shape index (κ1) is 28.8. The van der Waals surface area contributed by atoms with Gasteiger partial charge in [0, 0.05) is 22.8 Å². The summed E-state index contributed by atoms with van der Waals surface area (Å²) in [5, 5.41) is 0. The number of imidazole rings is 3. The topological polar surface area (TPSA) is 79.2 Å². The highest BCUT2D eigenvalue weighted by molar-refractivity contribution is 5.86. The van der Waals surface area contributed by atoms with Gasteiger partial charge in [-0.1, -0.05) is 109 Å². The molecule has 0 aliphatic rings. The van der Waals surface area contributed by atoms with Gasteiger partial charge in [0.05, 0.1) is 38.8 Å². The van der Waals surface area contributed by atoms with E-state index >= 15 is 0 Å². The summed E-state index contributed by atoms with van der Waals surface area (Å²) in [7, 11) is 0. The maximum absolute atomic E-state index is 5.37. The molecule has 240 valence electrons. The fourth-order valence-electron chi connectivity index (χ4n) is 6.87. The molecule has 4 heterocycles. The fourth-order valence-corrected chi connectivity index (χ4v) is 6.87. The summed E-state index contributed by atoms with van der Waals surface area (Å²) in [5.74, 6) is 3.51. The van der Waals surface area contributed by atoms with Crippen molar-refractivity contribution in [2.45, 2.75) is 0 Å². The Balaban J connectivity index is 1.30. The Kier molecular flexibility index (Phi) is 6.63. The highest BCUT2D eigenvalue weighted by Crippen LogP contribution is 2.34. The number of aromatic nitrogens is 8. The second-order valence-electron chi connectivity index (χ2n) is 12.3. The van der Waals surface area contributed by atoms with Crippen LogP contribution >= 0.6 is 0 Å². The highest BCUT2D eigenvalue weighted by atomic mass is 15.2. The third-order valence-electron chi connectivity index (χ3n) is 9.20. The van der Waals surface area contributed by atoms with Crippen molar-refractivity contribution in [3.63, 3.8) is 0 Å². The molecule has 10 rings (SSSR count). The number of hydrogen-bond acceptors (Lipinski definition) is 5. The van der Waals surface area contributed by atoms with Gasteiger partial charge in [0.1, 0.15) is 29.6 Å². The standard InChI is InChI=1S/C43H28N8/c1-3-15-29(16-4-1)42-45-33-21-9-13-25-37(33)50(42)39-27-40(51-38-26-14-10-22-34(38)46-43(51)30-17-5-2-6-18-30)48-41(47-39)31-19-7-11-23-35(31)49-28-44-32-20-8-12-24-36(32)49/h1-28H. The van der Waals surface area contributed by atoms with Gasteiger partial charge < -0.3 is 0 Å². The van der Waals surface area contributed by atoms with Crippen molar-refractivity contribution in [3.05, 3.63) is 170 Å². The van der Waals surface area contributed by atoms with Crippen LogP contribution in [0.1, 0.15) is 0 Å². The lowest BCUT2D eigenvalue weighted by Crippen LogP contribution is -2.09. The van der Waals surface area contributed by atoms with E-state index in [1.54, 1.807) is 0 Å². The van der Waals surface area contributed by atoms with Crippen LogP contribution in [0.25, 0.3) is 84.6 Å². The number of hydrogen-bond donors (Lipinski definition) is 0. The largest absolute Gasteiger partial charge is 0.298 e. The molecule has 0 saturated heterocycles. The van der Waals surface area contributed by atoms with E-state index in [2.05, 4.69) is 68.3 Å². The maximum atomic E-state index is 5.37. The molecule has 0 radical (unpaired) electrons. The summed E-state index contributed by atoms with van der Waals surface area (Å²) in [4.78, 5) is 25.7. The van der Waals surface area contributed by atoms with Crippen LogP contribution in [-0.2, 0) is 0 Å². The lowest BCUT2D eigenvalue weighted by molar-refractivity contribution is 0.957. The molecule has 0 saturated carbocycles. The average molecular weight is 657 g/mol. The highest BCUT2D eigenvalue weighted by Gasteiger charge is 2.22. The zero-order valence-corrected chi connectivity index (χ0v) is 27.2. The zero-order chi connectivity index (χ0) is 33.7. The van der Waals surface area contributed by atoms with Gasteiger partial charge in [0.2, 0.25) is 0 Å². The Labute approximate surface area is 292 Å². The van der Waals surface area contributed by atoms with Crippen LogP contribution in [0.3, 0.4) is 0 Å². The molecule has 0 N–H and O–H groups in total. The van der Waals surface area contributed by atoms with Crippen molar-refractivity contribution in [2.75, 3.05) is 0 Å². The predicted octanol–water partition coefficient (Wildman–Crippen LogP) is 9.49. The fraction of sp³-hybridized carbons (Fsp3) is 0. The number of benzene rings is 6. The van der Waals surface area contributed by atoms with Crippen molar-refractivity contribution < 1.29 is 0 Å². The first-order chi connectivity index (χ1) is 25.3. The lowest BCUT2D eigenvalue weighted by Gasteiger charge is -2.16. The Hall–Kier alpha value is -7.19. The van der Waals surface area contributed by atoms with Crippen molar-refractivity contribution in [3.8, 4) is 51.5 Å². The van der Waals surface area contributed by atoms with Crippen LogP contribution in [-0.4, -0.2) is 38.6 Å². The number of fused-ring (bicyclic) bond motifs is 3. The van der Waals surface area contributed by atoms with Crippen LogP contribution in [0.4, 0.5) is 0 Å². The van der Waals surface area contributed by atoms with E-state index in [0.717, 1.165) is 67.1 Å². The first-order valence-corrected chi connectivity index (χ1v) is 16.8. The van der Waals surface area contributed by atoms with Crippen LogP contribution < -0.4 is 0 Å². The van der Waals surface area contributed by atoms with Gasteiger partial charge >= 0.3 is 0 Å². The normalized spacial score (nSPS) is 11.5. The minimum absolute atomic E-state index is 0.560. The third kappa shape index (κ3) is 4.81. The Morgan fingerprint density at radius 3 is 1.45 bits per heavy atom. The molecular formula is C43H28N8. The van der Waals surface area contributed by atoms with Crippen molar-refractivity contribution in [1.82, 2.24) is 38.6 Å². The van der Waals surface area contributed by atoms with Gasteiger partial charge in [-0.2, -0.15) is 0 Å². The van der Waals surface area contributed by atoms with Gasteiger partial charge in [-0.3, -0.25) is 13.7 Å². The molecule has 0 aliphatic heterocycles. The monoisotopic (exact) mass is 656 g/mol. The summed E-state index contributed by atoms with van der Waals surface area (Å²) in [5.41, 5.74) is 9.31. The van der Waals surface area contributed by atoms with Gasteiger partial charge in [-0.25, -0.2) is 24.9 Å². The second kappa shape index (κ2) is 11.7. The van der Waals surface area contributed by atoms with E-state index in [0.29, 0.717) is 17.5 Å². The molecule has 0 fully saturated rings. The van der Waals surface area contributed by atoms with E-state index in [9.17, 15) is 0 Å². The van der Waals surface area contributed by atoms with Crippen LogP contribution in [0.15, 0.2) is 170 Å².